The Bertz CT molecular complexity index is 315. The second-order valence-electron chi connectivity index (χ2n) is 4.08. The lowest BCUT2D eigenvalue weighted by molar-refractivity contribution is 0.185. The van der Waals surface area contributed by atoms with E-state index >= 15 is 0 Å². The molecule has 0 fully saturated rings. The first-order chi connectivity index (χ1) is 6.98. The minimum absolute atomic E-state index is 0.0367. The lowest BCUT2D eigenvalue weighted by Gasteiger charge is -2.33. The van der Waals surface area contributed by atoms with Crippen molar-refractivity contribution < 1.29 is 5.11 Å². The van der Waals surface area contributed by atoms with Crippen LogP contribution in [0, 0.1) is 5.92 Å². The summed E-state index contributed by atoms with van der Waals surface area (Å²) >= 11 is 5.63. The van der Waals surface area contributed by atoms with Gasteiger partial charge in [0.25, 0.3) is 0 Å². The van der Waals surface area contributed by atoms with Gasteiger partial charge in [-0.15, -0.1) is 0 Å². The molecule has 0 aliphatic rings. The molecular weight excluding hydrogens is 214 g/mol. The van der Waals surface area contributed by atoms with E-state index in [2.05, 4.69) is 15.3 Å². The first-order valence-corrected chi connectivity index (χ1v) is 5.22. The topological polar surface area (TPSA) is 58.0 Å². The number of aliphatic hydroxyl groups excluding tert-OH is 1. The highest BCUT2D eigenvalue weighted by Crippen LogP contribution is 2.21. The summed E-state index contributed by atoms with van der Waals surface area (Å²) < 4.78 is 0. The standard InChI is InChI=1S/C10H16ClN3O/c1-7(2)10(3,6-15)14-9-5-12-8(11)4-13-9/h4-5,7,15H,6H2,1-3H3,(H,13,14). The first kappa shape index (κ1) is 12.2. The third kappa shape index (κ3) is 3.04. The average molecular weight is 230 g/mol. The van der Waals surface area contributed by atoms with E-state index in [1.807, 2.05) is 20.8 Å². The highest BCUT2D eigenvalue weighted by molar-refractivity contribution is 6.29. The zero-order chi connectivity index (χ0) is 11.5. The second-order valence-corrected chi connectivity index (χ2v) is 4.47. The van der Waals surface area contributed by atoms with Crippen molar-refractivity contribution in [1.29, 1.82) is 0 Å². The van der Waals surface area contributed by atoms with E-state index in [0.717, 1.165) is 0 Å². The molecule has 1 aromatic heterocycles. The van der Waals surface area contributed by atoms with Gasteiger partial charge in [0.1, 0.15) is 11.0 Å². The molecule has 15 heavy (non-hydrogen) atoms. The Morgan fingerprint density at radius 1 is 1.47 bits per heavy atom. The molecule has 0 spiro atoms. The van der Waals surface area contributed by atoms with Crippen LogP contribution >= 0.6 is 11.6 Å². The molecular formula is C10H16ClN3O. The summed E-state index contributed by atoms with van der Waals surface area (Å²) in [5.74, 6) is 0.893. The molecule has 1 atom stereocenters. The Morgan fingerprint density at radius 2 is 2.13 bits per heavy atom. The van der Waals surface area contributed by atoms with Gasteiger partial charge in [-0.05, 0) is 12.8 Å². The van der Waals surface area contributed by atoms with E-state index in [4.69, 9.17) is 11.6 Å². The maximum atomic E-state index is 9.33. The fraction of sp³-hybridized carbons (Fsp3) is 0.600. The molecule has 2 N–H and O–H groups in total. The Labute approximate surface area is 94.7 Å². The van der Waals surface area contributed by atoms with E-state index < -0.39 is 5.54 Å². The molecule has 84 valence electrons. The minimum Gasteiger partial charge on any atom is -0.394 e. The molecule has 0 amide bonds. The third-order valence-electron chi connectivity index (χ3n) is 2.64. The quantitative estimate of drug-likeness (QED) is 0.829. The van der Waals surface area contributed by atoms with Gasteiger partial charge in [0.15, 0.2) is 0 Å². The van der Waals surface area contributed by atoms with Crippen LogP contribution in [-0.4, -0.2) is 27.2 Å². The monoisotopic (exact) mass is 229 g/mol. The Balaban J connectivity index is 2.79. The summed E-state index contributed by atoms with van der Waals surface area (Å²) in [6, 6.07) is 0. The smallest absolute Gasteiger partial charge is 0.147 e. The van der Waals surface area contributed by atoms with Crippen LogP contribution in [0.25, 0.3) is 0 Å². The zero-order valence-electron chi connectivity index (χ0n) is 9.16. The Hall–Kier alpha value is -0.870. The van der Waals surface area contributed by atoms with E-state index in [1.165, 1.54) is 6.20 Å². The van der Waals surface area contributed by atoms with Gasteiger partial charge in [0.2, 0.25) is 0 Å². The molecule has 1 aromatic rings. The van der Waals surface area contributed by atoms with Crippen LogP contribution in [0.15, 0.2) is 12.4 Å². The van der Waals surface area contributed by atoms with Crippen LogP contribution in [0.4, 0.5) is 5.82 Å². The number of hydrogen-bond acceptors (Lipinski definition) is 4. The Kier molecular flexibility index (Phi) is 3.88. The van der Waals surface area contributed by atoms with Crippen LogP contribution < -0.4 is 5.32 Å². The summed E-state index contributed by atoms with van der Waals surface area (Å²) in [6.07, 6.45) is 3.03. The van der Waals surface area contributed by atoms with Gasteiger partial charge < -0.3 is 10.4 Å². The van der Waals surface area contributed by atoms with Crippen LogP contribution in [-0.2, 0) is 0 Å². The number of nitrogens with zero attached hydrogens (tertiary/aromatic N) is 2. The predicted molar refractivity (Wildman–Crippen MR) is 61.0 cm³/mol. The summed E-state index contributed by atoms with van der Waals surface area (Å²) in [6.45, 7) is 6.04. The number of halogens is 1. The van der Waals surface area contributed by atoms with Crippen LogP contribution in [0.2, 0.25) is 5.15 Å². The normalized spacial score (nSPS) is 15.1. The van der Waals surface area contributed by atoms with Gasteiger partial charge in [-0.25, -0.2) is 9.97 Å². The van der Waals surface area contributed by atoms with Crippen molar-refractivity contribution in [3.63, 3.8) is 0 Å². The lowest BCUT2D eigenvalue weighted by Crippen LogP contribution is -2.44. The molecule has 0 radical (unpaired) electrons. The molecule has 1 rings (SSSR count). The highest BCUT2D eigenvalue weighted by Gasteiger charge is 2.27. The number of nitrogens with one attached hydrogen (secondary N) is 1. The van der Waals surface area contributed by atoms with Crippen LogP contribution in [0.5, 0.6) is 0 Å². The first-order valence-electron chi connectivity index (χ1n) is 4.84. The van der Waals surface area contributed by atoms with Gasteiger partial charge in [-0.3, -0.25) is 0 Å². The predicted octanol–water partition coefficient (Wildman–Crippen LogP) is 1.95. The van der Waals surface area contributed by atoms with Gasteiger partial charge in [-0.1, -0.05) is 25.4 Å². The second kappa shape index (κ2) is 4.77. The van der Waals surface area contributed by atoms with Crippen molar-refractivity contribution in [2.45, 2.75) is 26.3 Å². The van der Waals surface area contributed by atoms with E-state index in [1.54, 1.807) is 6.20 Å². The minimum atomic E-state index is -0.400. The van der Waals surface area contributed by atoms with Gasteiger partial charge >= 0.3 is 0 Å². The maximum Gasteiger partial charge on any atom is 0.147 e. The van der Waals surface area contributed by atoms with Gasteiger partial charge in [0, 0.05) is 0 Å². The van der Waals surface area contributed by atoms with Crippen LogP contribution in [0.3, 0.4) is 0 Å². The van der Waals surface area contributed by atoms with Crippen molar-refractivity contribution in [1.82, 2.24) is 9.97 Å². The number of hydrogen-bond donors (Lipinski definition) is 2. The summed E-state index contributed by atoms with van der Waals surface area (Å²) in [7, 11) is 0. The third-order valence-corrected chi connectivity index (χ3v) is 2.83. The molecule has 5 heteroatoms. The van der Waals surface area contributed by atoms with Gasteiger partial charge in [0.05, 0.1) is 24.5 Å². The highest BCUT2D eigenvalue weighted by atomic mass is 35.5. The summed E-state index contributed by atoms with van der Waals surface area (Å²) in [5, 5.41) is 12.8. The summed E-state index contributed by atoms with van der Waals surface area (Å²) in [4.78, 5) is 7.99. The van der Waals surface area contributed by atoms with Crippen molar-refractivity contribution in [3.05, 3.63) is 17.5 Å². The molecule has 0 aromatic carbocycles. The summed E-state index contributed by atoms with van der Waals surface area (Å²) in [5.41, 5.74) is -0.400. The average Bonchev–Trinajstić information content (AvgIpc) is 2.21. The lowest BCUT2D eigenvalue weighted by atomic mass is 9.89. The number of aromatic nitrogens is 2. The van der Waals surface area contributed by atoms with Crippen molar-refractivity contribution in [2.24, 2.45) is 5.92 Å². The fourth-order valence-electron chi connectivity index (χ4n) is 1.04. The molecule has 0 aliphatic carbocycles. The largest absolute Gasteiger partial charge is 0.394 e. The van der Waals surface area contributed by atoms with Gasteiger partial charge in [-0.2, -0.15) is 0 Å². The molecule has 1 heterocycles. The Morgan fingerprint density at radius 3 is 2.53 bits per heavy atom. The number of rotatable bonds is 4. The molecule has 4 nitrogen and oxygen atoms in total. The fourth-order valence-corrected chi connectivity index (χ4v) is 1.13. The molecule has 0 saturated heterocycles. The van der Waals surface area contributed by atoms with E-state index in [0.29, 0.717) is 11.0 Å². The van der Waals surface area contributed by atoms with Crippen molar-refractivity contribution in [2.75, 3.05) is 11.9 Å². The zero-order valence-corrected chi connectivity index (χ0v) is 9.91. The van der Waals surface area contributed by atoms with E-state index in [-0.39, 0.29) is 12.5 Å². The van der Waals surface area contributed by atoms with Crippen molar-refractivity contribution >= 4 is 17.4 Å². The van der Waals surface area contributed by atoms with Crippen LogP contribution in [0.1, 0.15) is 20.8 Å². The molecule has 0 aliphatic heterocycles. The van der Waals surface area contributed by atoms with Crippen molar-refractivity contribution in [3.8, 4) is 0 Å². The SMILES string of the molecule is CC(C)C(C)(CO)Nc1cnc(Cl)cn1. The number of anilines is 1. The maximum absolute atomic E-state index is 9.33. The molecule has 0 saturated carbocycles. The molecule has 1 unspecified atom stereocenters. The van der Waals surface area contributed by atoms with E-state index in [9.17, 15) is 5.11 Å². The molecule has 0 bridgehead atoms. The number of aliphatic hydroxyl groups is 1.